The van der Waals surface area contributed by atoms with Crippen molar-refractivity contribution < 1.29 is 9.90 Å². The zero-order valence-electron chi connectivity index (χ0n) is 18.4. The van der Waals surface area contributed by atoms with Crippen LogP contribution in [0.1, 0.15) is 42.6 Å². The third-order valence-corrected chi connectivity index (χ3v) is 5.53. The summed E-state index contributed by atoms with van der Waals surface area (Å²) < 4.78 is 1.93. The van der Waals surface area contributed by atoms with Gasteiger partial charge in [-0.3, -0.25) is 4.79 Å². The number of aliphatic hydroxyl groups excluding tert-OH is 1. The molecule has 1 fully saturated rings. The Bertz CT molecular complexity index is 1110. The number of anilines is 1. The van der Waals surface area contributed by atoms with Crippen molar-refractivity contribution in [2.24, 2.45) is 7.05 Å². The number of carbonyl (C=O) groups excluding carboxylic acids is 1. The highest BCUT2D eigenvalue weighted by Crippen LogP contribution is 2.33. The van der Waals surface area contributed by atoms with Crippen LogP contribution in [0, 0.1) is 6.92 Å². The van der Waals surface area contributed by atoms with Gasteiger partial charge in [0.15, 0.2) is 0 Å². The Balaban J connectivity index is 1.77. The van der Waals surface area contributed by atoms with E-state index in [1.807, 2.05) is 62.8 Å². The summed E-state index contributed by atoms with van der Waals surface area (Å²) in [6.45, 7) is 5.82. The molecule has 31 heavy (non-hydrogen) atoms. The van der Waals surface area contributed by atoms with Crippen LogP contribution in [0.15, 0.2) is 42.9 Å². The van der Waals surface area contributed by atoms with Gasteiger partial charge in [0.2, 0.25) is 0 Å². The molecule has 2 heterocycles. The largest absolute Gasteiger partial charge is 0.394 e. The van der Waals surface area contributed by atoms with Crippen molar-refractivity contribution in [3.63, 3.8) is 0 Å². The van der Waals surface area contributed by atoms with Crippen LogP contribution >= 0.6 is 0 Å². The van der Waals surface area contributed by atoms with E-state index >= 15 is 0 Å². The molecule has 1 amide bonds. The molecular formula is C24H29N5O2. The Morgan fingerprint density at radius 2 is 2.00 bits per heavy atom. The van der Waals surface area contributed by atoms with Crippen molar-refractivity contribution in [1.29, 1.82) is 0 Å². The first-order valence-corrected chi connectivity index (χ1v) is 10.6. The summed E-state index contributed by atoms with van der Waals surface area (Å²) in [5.74, 6) is 1.38. The standard InChI is InChI=1S/C24H29N5O2/c1-15-5-6-16(23(31)27-18-7-8-18)11-19(15)17-12-20(22-25-9-10-29(22)4)21(26-13-17)28-24(2,3)14-30/h5-6,9-13,18,30H,7-8,14H2,1-4H3,(H,26,28)(H,27,31). The van der Waals surface area contributed by atoms with Gasteiger partial charge < -0.3 is 20.3 Å². The number of amides is 1. The number of rotatable bonds is 7. The molecule has 1 aliphatic carbocycles. The average molecular weight is 420 g/mol. The third-order valence-electron chi connectivity index (χ3n) is 5.53. The molecule has 1 aliphatic rings. The lowest BCUT2D eigenvalue weighted by molar-refractivity contribution is 0.0951. The molecule has 4 rings (SSSR count). The number of aromatic nitrogens is 3. The van der Waals surface area contributed by atoms with E-state index in [0.29, 0.717) is 17.4 Å². The number of aliphatic hydroxyl groups is 1. The van der Waals surface area contributed by atoms with Gasteiger partial charge in [0.25, 0.3) is 5.91 Å². The lowest BCUT2D eigenvalue weighted by atomic mass is 9.97. The van der Waals surface area contributed by atoms with Crippen LogP contribution in [-0.4, -0.2) is 43.7 Å². The number of carbonyl (C=O) groups is 1. The molecule has 1 aromatic carbocycles. The number of hydrogen-bond donors (Lipinski definition) is 3. The molecular weight excluding hydrogens is 390 g/mol. The molecule has 1 saturated carbocycles. The molecule has 0 saturated heterocycles. The first-order chi connectivity index (χ1) is 14.8. The quantitative estimate of drug-likeness (QED) is 0.545. The van der Waals surface area contributed by atoms with Gasteiger partial charge in [0, 0.05) is 42.8 Å². The van der Waals surface area contributed by atoms with Gasteiger partial charge in [-0.05, 0) is 62.9 Å². The van der Waals surface area contributed by atoms with Crippen molar-refractivity contribution in [3.8, 4) is 22.5 Å². The second-order valence-electron chi connectivity index (χ2n) is 8.93. The summed E-state index contributed by atoms with van der Waals surface area (Å²) in [5, 5.41) is 16.1. The molecule has 0 radical (unpaired) electrons. The molecule has 0 bridgehead atoms. The van der Waals surface area contributed by atoms with Crippen molar-refractivity contribution in [1.82, 2.24) is 19.9 Å². The summed E-state index contributed by atoms with van der Waals surface area (Å²) in [4.78, 5) is 21.7. The first kappa shape index (κ1) is 21.1. The Kier molecular flexibility index (Phi) is 5.54. The monoisotopic (exact) mass is 419 g/mol. The molecule has 0 unspecified atom stereocenters. The van der Waals surface area contributed by atoms with E-state index in [-0.39, 0.29) is 12.5 Å². The second-order valence-corrected chi connectivity index (χ2v) is 8.93. The van der Waals surface area contributed by atoms with Crippen molar-refractivity contribution in [3.05, 3.63) is 54.0 Å². The molecule has 0 atom stereocenters. The minimum absolute atomic E-state index is 0.0340. The Hall–Kier alpha value is -3.19. The van der Waals surface area contributed by atoms with Crippen molar-refractivity contribution in [2.45, 2.75) is 45.2 Å². The van der Waals surface area contributed by atoms with E-state index in [0.717, 1.165) is 40.9 Å². The fourth-order valence-corrected chi connectivity index (χ4v) is 3.44. The minimum atomic E-state index is -0.537. The Morgan fingerprint density at radius 1 is 1.23 bits per heavy atom. The zero-order valence-corrected chi connectivity index (χ0v) is 18.4. The van der Waals surface area contributed by atoms with Gasteiger partial charge in [-0.2, -0.15) is 0 Å². The minimum Gasteiger partial charge on any atom is -0.394 e. The number of pyridine rings is 1. The van der Waals surface area contributed by atoms with Gasteiger partial charge in [-0.15, -0.1) is 0 Å². The maximum atomic E-state index is 12.6. The predicted molar refractivity (Wildman–Crippen MR) is 122 cm³/mol. The first-order valence-electron chi connectivity index (χ1n) is 10.6. The van der Waals surface area contributed by atoms with Crippen LogP contribution in [0.4, 0.5) is 5.82 Å². The molecule has 0 spiro atoms. The number of hydrogen-bond acceptors (Lipinski definition) is 5. The van der Waals surface area contributed by atoms with Crippen LogP contribution in [0.2, 0.25) is 0 Å². The number of nitrogens with zero attached hydrogens (tertiary/aromatic N) is 3. The van der Waals surface area contributed by atoms with Crippen molar-refractivity contribution >= 4 is 11.7 Å². The third kappa shape index (κ3) is 4.61. The van der Waals surface area contributed by atoms with E-state index in [9.17, 15) is 9.90 Å². The Morgan fingerprint density at radius 3 is 2.65 bits per heavy atom. The van der Waals surface area contributed by atoms with Crippen LogP contribution < -0.4 is 10.6 Å². The number of aryl methyl sites for hydroxylation is 2. The van der Waals surface area contributed by atoms with Gasteiger partial charge in [0.05, 0.1) is 17.7 Å². The Labute approximate surface area is 182 Å². The smallest absolute Gasteiger partial charge is 0.251 e. The van der Waals surface area contributed by atoms with Crippen LogP contribution in [0.25, 0.3) is 22.5 Å². The van der Waals surface area contributed by atoms with E-state index in [1.54, 1.807) is 12.4 Å². The maximum absolute atomic E-state index is 12.6. The molecule has 2 aromatic heterocycles. The van der Waals surface area contributed by atoms with E-state index in [1.165, 1.54) is 0 Å². The second kappa shape index (κ2) is 8.15. The van der Waals surface area contributed by atoms with E-state index < -0.39 is 5.54 Å². The summed E-state index contributed by atoms with van der Waals surface area (Å²) in [7, 11) is 1.93. The van der Waals surface area contributed by atoms with Crippen molar-refractivity contribution in [2.75, 3.05) is 11.9 Å². The van der Waals surface area contributed by atoms with Crippen LogP contribution in [0.5, 0.6) is 0 Å². The summed E-state index contributed by atoms with van der Waals surface area (Å²) in [5.41, 5.74) is 3.87. The SMILES string of the molecule is Cc1ccc(C(=O)NC2CC2)cc1-c1cnc(NC(C)(C)CO)c(-c2nccn2C)c1. The average Bonchev–Trinajstić information content (AvgIpc) is 3.46. The normalized spacial score (nSPS) is 13.8. The van der Waals surface area contributed by atoms with Gasteiger partial charge in [-0.1, -0.05) is 6.07 Å². The topological polar surface area (TPSA) is 92.1 Å². The zero-order chi connectivity index (χ0) is 22.2. The molecule has 0 aliphatic heterocycles. The van der Waals surface area contributed by atoms with E-state index in [4.69, 9.17) is 0 Å². The lowest BCUT2D eigenvalue weighted by Gasteiger charge is -2.26. The molecule has 3 aromatic rings. The van der Waals surface area contributed by atoms with Gasteiger partial charge in [0.1, 0.15) is 11.6 Å². The highest BCUT2D eigenvalue weighted by atomic mass is 16.3. The fraction of sp³-hybridized carbons (Fsp3) is 0.375. The van der Waals surface area contributed by atoms with Gasteiger partial charge >= 0.3 is 0 Å². The van der Waals surface area contributed by atoms with Crippen LogP contribution in [0.3, 0.4) is 0 Å². The van der Waals surface area contributed by atoms with E-state index in [2.05, 4.69) is 20.6 Å². The summed E-state index contributed by atoms with van der Waals surface area (Å²) in [6, 6.07) is 8.11. The molecule has 162 valence electrons. The highest BCUT2D eigenvalue weighted by Gasteiger charge is 2.24. The predicted octanol–water partition coefficient (Wildman–Crippen LogP) is 3.53. The number of imidazole rings is 1. The van der Waals surface area contributed by atoms with Gasteiger partial charge in [-0.25, -0.2) is 9.97 Å². The number of benzene rings is 1. The molecule has 7 heteroatoms. The lowest BCUT2D eigenvalue weighted by Crippen LogP contribution is -2.35. The maximum Gasteiger partial charge on any atom is 0.251 e. The summed E-state index contributed by atoms with van der Waals surface area (Å²) in [6.07, 6.45) is 7.54. The molecule has 7 nitrogen and oxygen atoms in total. The highest BCUT2D eigenvalue weighted by molar-refractivity contribution is 5.96. The van der Waals surface area contributed by atoms with Crippen LogP contribution in [-0.2, 0) is 7.05 Å². The number of nitrogens with one attached hydrogen (secondary N) is 2. The molecule has 3 N–H and O–H groups in total. The fourth-order valence-electron chi connectivity index (χ4n) is 3.44. The summed E-state index contributed by atoms with van der Waals surface area (Å²) >= 11 is 0.